The van der Waals surface area contributed by atoms with Crippen LogP contribution in [0.25, 0.3) is 0 Å². The van der Waals surface area contributed by atoms with E-state index in [1.54, 1.807) is 12.3 Å². The van der Waals surface area contributed by atoms with Gasteiger partial charge in [-0.05, 0) is 31.9 Å². The summed E-state index contributed by atoms with van der Waals surface area (Å²) >= 11 is 0. The lowest BCUT2D eigenvalue weighted by atomic mass is 9.82. The highest BCUT2D eigenvalue weighted by atomic mass is 16.2. The SMILES string of the molecule is CCNC(=O)C(C)CC(C)(C)C(=O)Nc1ccc(C)cn1. The van der Waals surface area contributed by atoms with Crippen LogP contribution in [0.3, 0.4) is 0 Å². The largest absolute Gasteiger partial charge is 0.356 e. The number of nitrogens with one attached hydrogen (secondary N) is 2. The molecule has 1 aromatic rings. The van der Waals surface area contributed by atoms with Crippen molar-refractivity contribution >= 4 is 17.6 Å². The second-order valence-electron chi connectivity index (χ2n) is 6.06. The van der Waals surface area contributed by atoms with Crippen LogP contribution in [0, 0.1) is 18.3 Å². The Morgan fingerprint density at radius 1 is 1.33 bits per heavy atom. The molecular formula is C16H25N3O2. The first-order chi connectivity index (χ1) is 9.76. The molecule has 1 unspecified atom stereocenters. The van der Waals surface area contributed by atoms with Gasteiger partial charge in [-0.25, -0.2) is 4.98 Å². The van der Waals surface area contributed by atoms with Crippen LogP contribution >= 0.6 is 0 Å². The first-order valence-corrected chi connectivity index (χ1v) is 7.28. The van der Waals surface area contributed by atoms with Crippen molar-refractivity contribution in [2.45, 2.75) is 41.0 Å². The average Bonchev–Trinajstić information content (AvgIpc) is 2.41. The summed E-state index contributed by atoms with van der Waals surface area (Å²) in [6, 6.07) is 3.67. The lowest BCUT2D eigenvalue weighted by molar-refractivity contribution is -0.128. The van der Waals surface area contributed by atoms with Crippen LogP contribution < -0.4 is 10.6 Å². The molecule has 5 heteroatoms. The standard InChI is InChI=1S/C16H25N3O2/c1-6-17-14(20)12(3)9-16(4,5)15(21)19-13-8-7-11(2)10-18-13/h7-8,10,12H,6,9H2,1-5H3,(H,17,20)(H,18,19,21). The molecule has 0 aromatic carbocycles. The number of carbonyl (C=O) groups excluding carboxylic acids is 2. The van der Waals surface area contributed by atoms with Gasteiger partial charge in [0, 0.05) is 24.1 Å². The van der Waals surface area contributed by atoms with E-state index in [1.807, 2.05) is 40.7 Å². The first-order valence-electron chi connectivity index (χ1n) is 7.28. The summed E-state index contributed by atoms with van der Waals surface area (Å²) < 4.78 is 0. The summed E-state index contributed by atoms with van der Waals surface area (Å²) in [5.41, 5.74) is 0.397. The predicted octanol–water partition coefficient (Wildman–Crippen LogP) is 2.52. The Hall–Kier alpha value is -1.91. The van der Waals surface area contributed by atoms with Crippen LogP contribution in [0.5, 0.6) is 0 Å². The van der Waals surface area contributed by atoms with Gasteiger partial charge in [-0.1, -0.05) is 26.8 Å². The van der Waals surface area contributed by atoms with Crippen molar-refractivity contribution in [3.8, 4) is 0 Å². The minimum Gasteiger partial charge on any atom is -0.356 e. The van der Waals surface area contributed by atoms with E-state index in [9.17, 15) is 9.59 Å². The lowest BCUT2D eigenvalue weighted by Gasteiger charge is -2.26. The fraction of sp³-hybridized carbons (Fsp3) is 0.562. The van der Waals surface area contributed by atoms with Crippen molar-refractivity contribution in [2.24, 2.45) is 11.3 Å². The van der Waals surface area contributed by atoms with Gasteiger partial charge >= 0.3 is 0 Å². The number of amides is 2. The molecule has 2 amide bonds. The maximum Gasteiger partial charge on any atom is 0.231 e. The lowest BCUT2D eigenvalue weighted by Crippen LogP contribution is -2.37. The van der Waals surface area contributed by atoms with Crippen molar-refractivity contribution in [1.82, 2.24) is 10.3 Å². The molecule has 0 fully saturated rings. The third kappa shape index (κ3) is 5.17. The normalized spacial score (nSPS) is 12.6. The summed E-state index contributed by atoms with van der Waals surface area (Å²) in [6.45, 7) is 9.94. The monoisotopic (exact) mass is 291 g/mol. The number of rotatable bonds is 6. The highest BCUT2D eigenvalue weighted by molar-refractivity contribution is 5.94. The van der Waals surface area contributed by atoms with E-state index in [1.165, 1.54) is 0 Å². The van der Waals surface area contributed by atoms with Crippen LogP contribution in [0.2, 0.25) is 0 Å². The van der Waals surface area contributed by atoms with Crippen LogP contribution in [-0.4, -0.2) is 23.3 Å². The molecule has 0 saturated heterocycles. The number of hydrogen-bond acceptors (Lipinski definition) is 3. The van der Waals surface area contributed by atoms with Crippen molar-refractivity contribution in [2.75, 3.05) is 11.9 Å². The van der Waals surface area contributed by atoms with E-state index in [0.717, 1.165) is 5.56 Å². The molecule has 0 spiro atoms. The molecule has 0 bridgehead atoms. The molecule has 1 aromatic heterocycles. The smallest absolute Gasteiger partial charge is 0.231 e. The molecule has 1 rings (SSSR count). The Bertz CT molecular complexity index is 495. The Morgan fingerprint density at radius 2 is 2.00 bits per heavy atom. The minimum absolute atomic E-state index is 0.0214. The average molecular weight is 291 g/mol. The summed E-state index contributed by atoms with van der Waals surface area (Å²) in [7, 11) is 0. The number of pyridine rings is 1. The highest BCUT2D eigenvalue weighted by Crippen LogP contribution is 2.27. The zero-order valence-corrected chi connectivity index (χ0v) is 13.5. The second-order valence-corrected chi connectivity index (χ2v) is 6.06. The van der Waals surface area contributed by atoms with E-state index in [0.29, 0.717) is 18.8 Å². The first kappa shape index (κ1) is 17.1. The number of anilines is 1. The number of carbonyl (C=O) groups is 2. The summed E-state index contributed by atoms with van der Waals surface area (Å²) in [5, 5.41) is 5.58. The van der Waals surface area contributed by atoms with Gasteiger partial charge in [0.05, 0.1) is 0 Å². The fourth-order valence-electron chi connectivity index (χ4n) is 2.13. The molecular weight excluding hydrogens is 266 g/mol. The highest BCUT2D eigenvalue weighted by Gasteiger charge is 2.32. The Balaban J connectivity index is 2.66. The van der Waals surface area contributed by atoms with Crippen LogP contribution in [0.15, 0.2) is 18.3 Å². The number of aromatic nitrogens is 1. The quantitative estimate of drug-likeness (QED) is 0.846. The molecule has 0 aliphatic carbocycles. The molecule has 116 valence electrons. The maximum absolute atomic E-state index is 12.4. The summed E-state index contributed by atoms with van der Waals surface area (Å²) in [4.78, 5) is 28.3. The number of nitrogens with zero attached hydrogens (tertiary/aromatic N) is 1. The van der Waals surface area contributed by atoms with Gasteiger partial charge in [0.15, 0.2) is 0 Å². The van der Waals surface area contributed by atoms with Gasteiger partial charge in [-0.15, -0.1) is 0 Å². The Labute approximate surface area is 126 Å². The number of hydrogen-bond donors (Lipinski definition) is 2. The minimum atomic E-state index is -0.642. The Kier molecular flexibility index (Phi) is 5.88. The molecule has 0 aliphatic heterocycles. The molecule has 5 nitrogen and oxygen atoms in total. The molecule has 2 N–H and O–H groups in total. The van der Waals surface area contributed by atoms with Crippen LogP contribution in [0.4, 0.5) is 5.82 Å². The van der Waals surface area contributed by atoms with Gasteiger partial charge in [-0.3, -0.25) is 9.59 Å². The number of aryl methyl sites for hydroxylation is 1. The summed E-state index contributed by atoms with van der Waals surface area (Å²) in [5.74, 6) is 0.169. The van der Waals surface area contributed by atoms with E-state index in [-0.39, 0.29) is 17.7 Å². The van der Waals surface area contributed by atoms with Gasteiger partial charge in [0.25, 0.3) is 0 Å². The molecule has 0 radical (unpaired) electrons. The maximum atomic E-state index is 12.4. The molecule has 1 heterocycles. The molecule has 1 atom stereocenters. The zero-order valence-electron chi connectivity index (χ0n) is 13.5. The van der Waals surface area contributed by atoms with Crippen molar-refractivity contribution in [3.05, 3.63) is 23.9 Å². The van der Waals surface area contributed by atoms with E-state index in [4.69, 9.17) is 0 Å². The third-order valence-corrected chi connectivity index (χ3v) is 3.38. The second kappa shape index (κ2) is 7.20. The molecule has 21 heavy (non-hydrogen) atoms. The molecule has 0 aliphatic rings. The third-order valence-electron chi connectivity index (χ3n) is 3.38. The topological polar surface area (TPSA) is 71.1 Å². The fourth-order valence-corrected chi connectivity index (χ4v) is 2.13. The van der Waals surface area contributed by atoms with Gasteiger partial charge < -0.3 is 10.6 Å². The van der Waals surface area contributed by atoms with Crippen molar-refractivity contribution in [3.63, 3.8) is 0 Å². The van der Waals surface area contributed by atoms with Gasteiger partial charge in [0.2, 0.25) is 11.8 Å². The van der Waals surface area contributed by atoms with Crippen LogP contribution in [0.1, 0.15) is 39.7 Å². The van der Waals surface area contributed by atoms with E-state index >= 15 is 0 Å². The van der Waals surface area contributed by atoms with E-state index in [2.05, 4.69) is 15.6 Å². The summed E-state index contributed by atoms with van der Waals surface area (Å²) in [6.07, 6.45) is 2.19. The predicted molar refractivity (Wildman–Crippen MR) is 83.8 cm³/mol. The van der Waals surface area contributed by atoms with Gasteiger partial charge in [-0.2, -0.15) is 0 Å². The van der Waals surface area contributed by atoms with Crippen LogP contribution in [-0.2, 0) is 9.59 Å². The molecule has 0 saturated carbocycles. The zero-order chi connectivity index (χ0) is 16.0. The van der Waals surface area contributed by atoms with E-state index < -0.39 is 5.41 Å². The van der Waals surface area contributed by atoms with Crippen molar-refractivity contribution in [1.29, 1.82) is 0 Å². The van der Waals surface area contributed by atoms with Gasteiger partial charge in [0.1, 0.15) is 5.82 Å². The van der Waals surface area contributed by atoms with Crippen molar-refractivity contribution < 1.29 is 9.59 Å². The Morgan fingerprint density at radius 3 is 2.52 bits per heavy atom.